The number of anilines is 3. The zero-order chi connectivity index (χ0) is 21.6. The van der Waals surface area contributed by atoms with Crippen molar-refractivity contribution < 1.29 is 19.5 Å². The lowest BCUT2D eigenvalue weighted by molar-refractivity contribution is 0.0697. The molecule has 0 fully saturated rings. The van der Waals surface area contributed by atoms with Crippen molar-refractivity contribution in [2.45, 2.75) is 6.92 Å². The first-order chi connectivity index (χ1) is 14.3. The normalized spacial score (nSPS) is 12.4. The Morgan fingerprint density at radius 2 is 1.77 bits per heavy atom. The number of carbonyl (C=O) groups excluding carboxylic acids is 2. The van der Waals surface area contributed by atoms with Gasteiger partial charge in [0, 0.05) is 11.8 Å². The van der Waals surface area contributed by atoms with E-state index in [9.17, 15) is 24.3 Å². The first-order valence-corrected chi connectivity index (χ1v) is 8.89. The Morgan fingerprint density at radius 1 is 1.07 bits per heavy atom. The summed E-state index contributed by atoms with van der Waals surface area (Å²) < 4.78 is 1.01. The molecule has 9 heteroatoms. The second kappa shape index (κ2) is 6.89. The number of nitrogens with one attached hydrogen (secondary N) is 2. The molecular formula is C21H16N4O5. The van der Waals surface area contributed by atoms with Gasteiger partial charge in [-0.05, 0) is 31.2 Å². The molecule has 0 unspecified atom stereocenters. The standard InChI is InChI=1S/C21H16N4O5/c1-10-5-7-11(8-6-10)23-17-12(21(29)30)3-2-4-14(17)25-15(26)9-13-16(18(25)22)20(28)24-19(13)27/h2-9,23H,22H2,1H3,(H,29,30)(H,24,27,28). The van der Waals surface area contributed by atoms with Gasteiger partial charge in [0.1, 0.15) is 5.82 Å². The maximum absolute atomic E-state index is 12.8. The van der Waals surface area contributed by atoms with Gasteiger partial charge >= 0.3 is 5.97 Å². The molecule has 5 N–H and O–H groups in total. The smallest absolute Gasteiger partial charge is 0.337 e. The number of pyridine rings is 1. The van der Waals surface area contributed by atoms with Gasteiger partial charge < -0.3 is 16.2 Å². The van der Waals surface area contributed by atoms with Gasteiger partial charge in [-0.3, -0.25) is 24.3 Å². The number of nitrogen functional groups attached to an aromatic ring is 1. The van der Waals surface area contributed by atoms with E-state index >= 15 is 0 Å². The number of imide groups is 1. The third kappa shape index (κ3) is 2.98. The van der Waals surface area contributed by atoms with Crippen LogP contribution >= 0.6 is 0 Å². The number of benzene rings is 2. The minimum atomic E-state index is -1.22. The number of rotatable bonds is 4. The molecule has 1 aliphatic heterocycles. The second-order valence-corrected chi connectivity index (χ2v) is 6.77. The summed E-state index contributed by atoms with van der Waals surface area (Å²) in [6, 6.07) is 12.6. The monoisotopic (exact) mass is 404 g/mol. The van der Waals surface area contributed by atoms with Crippen molar-refractivity contribution in [2.24, 2.45) is 0 Å². The number of carboxylic acid groups (broad SMARTS) is 1. The van der Waals surface area contributed by atoms with E-state index in [4.69, 9.17) is 5.73 Å². The molecule has 0 atom stereocenters. The SMILES string of the molecule is Cc1ccc(Nc2c(C(=O)O)cccc2-n2c(N)c3c(cc2=O)C(=O)NC3=O)cc1. The van der Waals surface area contributed by atoms with Crippen LogP contribution in [-0.2, 0) is 0 Å². The van der Waals surface area contributed by atoms with Crippen LogP contribution in [0.2, 0.25) is 0 Å². The molecule has 0 aliphatic carbocycles. The van der Waals surface area contributed by atoms with Crippen LogP contribution in [0.1, 0.15) is 36.6 Å². The first kappa shape index (κ1) is 18.9. The van der Waals surface area contributed by atoms with Crippen molar-refractivity contribution in [2.75, 3.05) is 11.1 Å². The Labute approximate surface area is 169 Å². The number of fused-ring (bicyclic) bond motifs is 1. The topological polar surface area (TPSA) is 144 Å². The van der Waals surface area contributed by atoms with Gasteiger partial charge in [0.2, 0.25) is 0 Å². The van der Waals surface area contributed by atoms with E-state index in [0.717, 1.165) is 16.2 Å². The Kier molecular flexibility index (Phi) is 4.35. The molecule has 1 aliphatic rings. The highest BCUT2D eigenvalue weighted by molar-refractivity contribution is 6.23. The van der Waals surface area contributed by atoms with Crippen LogP contribution in [-0.4, -0.2) is 27.5 Å². The highest BCUT2D eigenvalue weighted by Gasteiger charge is 2.32. The van der Waals surface area contributed by atoms with Crippen LogP contribution in [0.5, 0.6) is 0 Å². The summed E-state index contributed by atoms with van der Waals surface area (Å²) in [5, 5.41) is 14.8. The minimum Gasteiger partial charge on any atom is -0.478 e. The third-order valence-corrected chi connectivity index (χ3v) is 4.79. The van der Waals surface area contributed by atoms with Gasteiger partial charge in [0.15, 0.2) is 0 Å². The Balaban J connectivity index is 1.98. The predicted octanol–water partition coefficient (Wildman–Crippen LogP) is 2.05. The van der Waals surface area contributed by atoms with Crippen molar-refractivity contribution in [1.29, 1.82) is 0 Å². The zero-order valence-corrected chi connectivity index (χ0v) is 15.7. The number of hydrogen-bond acceptors (Lipinski definition) is 6. The summed E-state index contributed by atoms with van der Waals surface area (Å²) in [4.78, 5) is 48.7. The van der Waals surface area contributed by atoms with E-state index in [2.05, 4.69) is 10.6 Å². The van der Waals surface area contributed by atoms with Gasteiger partial charge in [-0.2, -0.15) is 0 Å². The molecule has 1 aromatic heterocycles. The number of nitrogens with two attached hydrogens (primary N) is 1. The van der Waals surface area contributed by atoms with E-state index in [0.29, 0.717) is 5.69 Å². The zero-order valence-electron chi connectivity index (χ0n) is 15.7. The number of aromatic nitrogens is 1. The van der Waals surface area contributed by atoms with Crippen molar-refractivity contribution in [1.82, 2.24) is 9.88 Å². The molecule has 3 aromatic rings. The number of amides is 2. The lowest BCUT2D eigenvalue weighted by Crippen LogP contribution is -2.25. The average molecular weight is 404 g/mol. The van der Waals surface area contributed by atoms with Gasteiger partial charge in [-0.1, -0.05) is 23.8 Å². The first-order valence-electron chi connectivity index (χ1n) is 8.89. The molecule has 0 bridgehead atoms. The summed E-state index contributed by atoms with van der Waals surface area (Å²) in [6.45, 7) is 1.91. The molecule has 0 saturated heterocycles. The number of carbonyl (C=O) groups is 3. The molecule has 4 rings (SSSR count). The van der Waals surface area contributed by atoms with Crippen molar-refractivity contribution >= 4 is 35.0 Å². The van der Waals surface area contributed by atoms with Crippen LogP contribution in [0, 0.1) is 6.92 Å². The fourth-order valence-corrected chi connectivity index (χ4v) is 3.35. The Hall–Kier alpha value is -4.40. The highest BCUT2D eigenvalue weighted by Crippen LogP contribution is 2.31. The number of aromatic carboxylic acids is 1. The molecule has 2 heterocycles. The fourth-order valence-electron chi connectivity index (χ4n) is 3.35. The van der Waals surface area contributed by atoms with Gasteiger partial charge in [0.05, 0.1) is 28.1 Å². The number of carboxylic acids is 1. The molecule has 0 saturated carbocycles. The Morgan fingerprint density at radius 3 is 2.43 bits per heavy atom. The Bertz CT molecular complexity index is 1290. The lowest BCUT2D eigenvalue weighted by Gasteiger charge is -2.18. The number of para-hydroxylation sites is 1. The molecule has 2 amide bonds. The maximum Gasteiger partial charge on any atom is 0.337 e. The summed E-state index contributed by atoms with van der Waals surface area (Å²) in [5.74, 6) is -2.89. The van der Waals surface area contributed by atoms with Crippen LogP contribution in [0.15, 0.2) is 53.3 Å². The fraction of sp³-hybridized carbons (Fsp3) is 0.0476. The van der Waals surface area contributed by atoms with Crippen LogP contribution in [0.4, 0.5) is 17.2 Å². The van der Waals surface area contributed by atoms with Gasteiger partial charge in [-0.15, -0.1) is 0 Å². The summed E-state index contributed by atoms with van der Waals surface area (Å²) in [7, 11) is 0. The second-order valence-electron chi connectivity index (χ2n) is 6.77. The van der Waals surface area contributed by atoms with Crippen LogP contribution in [0.3, 0.4) is 0 Å². The number of hydrogen-bond donors (Lipinski definition) is 4. The minimum absolute atomic E-state index is 0.0969. The molecule has 2 aromatic carbocycles. The molecule has 150 valence electrons. The predicted molar refractivity (Wildman–Crippen MR) is 110 cm³/mol. The van der Waals surface area contributed by atoms with E-state index in [1.165, 1.54) is 18.2 Å². The number of nitrogens with zero attached hydrogens (tertiary/aromatic N) is 1. The molecule has 30 heavy (non-hydrogen) atoms. The maximum atomic E-state index is 12.8. The van der Waals surface area contributed by atoms with E-state index in [1.807, 2.05) is 19.1 Å². The van der Waals surface area contributed by atoms with E-state index in [1.54, 1.807) is 12.1 Å². The van der Waals surface area contributed by atoms with Gasteiger partial charge in [0.25, 0.3) is 17.4 Å². The molecule has 0 radical (unpaired) electrons. The summed E-state index contributed by atoms with van der Waals surface area (Å²) in [5.41, 5.74) is 6.96. The molecular weight excluding hydrogens is 388 g/mol. The van der Waals surface area contributed by atoms with E-state index < -0.39 is 23.3 Å². The van der Waals surface area contributed by atoms with Crippen molar-refractivity contribution in [3.63, 3.8) is 0 Å². The highest BCUT2D eigenvalue weighted by atomic mass is 16.4. The summed E-state index contributed by atoms with van der Waals surface area (Å²) >= 11 is 0. The van der Waals surface area contributed by atoms with E-state index in [-0.39, 0.29) is 33.9 Å². The molecule has 9 nitrogen and oxygen atoms in total. The quantitative estimate of drug-likeness (QED) is 0.487. The largest absolute Gasteiger partial charge is 0.478 e. The molecule has 0 spiro atoms. The van der Waals surface area contributed by atoms with Crippen molar-refractivity contribution in [3.05, 3.63) is 81.1 Å². The van der Waals surface area contributed by atoms with Crippen LogP contribution in [0.25, 0.3) is 5.69 Å². The van der Waals surface area contributed by atoms with Crippen LogP contribution < -0.4 is 21.9 Å². The average Bonchev–Trinajstić information content (AvgIpc) is 2.97. The lowest BCUT2D eigenvalue weighted by atomic mass is 10.1. The third-order valence-electron chi connectivity index (χ3n) is 4.79. The summed E-state index contributed by atoms with van der Waals surface area (Å²) in [6.07, 6.45) is 0. The van der Waals surface area contributed by atoms with Crippen molar-refractivity contribution in [3.8, 4) is 5.69 Å². The van der Waals surface area contributed by atoms with Gasteiger partial charge in [-0.25, -0.2) is 4.79 Å². The number of aryl methyl sites for hydroxylation is 1.